The Balaban J connectivity index is 1.82. The van der Waals surface area contributed by atoms with Gasteiger partial charge in [-0.2, -0.15) is 0 Å². The van der Waals surface area contributed by atoms with Crippen molar-refractivity contribution in [1.82, 2.24) is 4.90 Å². The third-order valence-electron chi connectivity index (χ3n) is 5.19. The first-order valence-electron chi connectivity index (χ1n) is 11.5. The number of allylic oxidation sites excluding steroid dienone is 1. The molecule has 0 atom stereocenters. The number of methoxy groups -OCH3 is 1. The topological polar surface area (TPSA) is 111 Å². The zero-order chi connectivity index (χ0) is 26.9. The lowest BCUT2D eigenvalue weighted by atomic mass is 10.0. The maximum Gasteiger partial charge on any atom is 0.343 e. The fourth-order valence-corrected chi connectivity index (χ4v) is 4.30. The molecule has 2 aromatic rings. The monoisotopic (exact) mass is 524 g/mol. The number of carbonyl (C=O) groups is 4. The van der Waals surface area contributed by atoms with Crippen molar-refractivity contribution in [3.05, 3.63) is 70.6 Å². The summed E-state index contributed by atoms with van der Waals surface area (Å²) in [7, 11) is 1.27. The SMILES string of the molecule is C=CCc1cc(/C=C2\SC(=O)N(CC(=O)Nc3ccc(C)cc3)C2=O)cc(OCC)c1OCC(=O)OC. The molecule has 0 saturated carbocycles. The summed E-state index contributed by atoms with van der Waals surface area (Å²) in [6.45, 7) is 7.12. The van der Waals surface area contributed by atoms with Crippen LogP contribution in [0.5, 0.6) is 11.5 Å². The fourth-order valence-electron chi connectivity index (χ4n) is 3.46. The van der Waals surface area contributed by atoms with Crippen LogP contribution in [0.2, 0.25) is 0 Å². The molecular weight excluding hydrogens is 496 g/mol. The van der Waals surface area contributed by atoms with Crippen LogP contribution in [0.1, 0.15) is 23.6 Å². The molecule has 9 nitrogen and oxygen atoms in total. The van der Waals surface area contributed by atoms with Gasteiger partial charge in [0.05, 0.1) is 18.6 Å². The molecule has 0 aromatic heterocycles. The molecule has 1 fully saturated rings. The molecule has 1 N–H and O–H groups in total. The highest BCUT2D eigenvalue weighted by molar-refractivity contribution is 8.18. The lowest BCUT2D eigenvalue weighted by Crippen LogP contribution is -2.36. The van der Waals surface area contributed by atoms with E-state index in [1.165, 1.54) is 7.11 Å². The minimum absolute atomic E-state index is 0.170. The van der Waals surface area contributed by atoms with Gasteiger partial charge in [0.2, 0.25) is 5.91 Å². The molecule has 1 aliphatic rings. The normalized spacial score (nSPS) is 14.0. The molecule has 0 radical (unpaired) electrons. The Morgan fingerprint density at radius 3 is 2.51 bits per heavy atom. The third kappa shape index (κ3) is 7.23. The van der Waals surface area contributed by atoms with Crippen molar-refractivity contribution in [2.45, 2.75) is 20.3 Å². The molecule has 1 heterocycles. The van der Waals surface area contributed by atoms with E-state index in [-0.39, 0.29) is 11.5 Å². The largest absolute Gasteiger partial charge is 0.490 e. The summed E-state index contributed by atoms with van der Waals surface area (Å²) >= 11 is 0.752. The number of rotatable bonds is 11. The first-order chi connectivity index (χ1) is 17.7. The van der Waals surface area contributed by atoms with Gasteiger partial charge in [0.1, 0.15) is 6.54 Å². The van der Waals surface area contributed by atoms with Crippen LogP contribution in [-0.4, -0.2) is 54.8 Å². The van der Waals surface area contributed by atoms with Gasteiger partial charge >= 0.3 is 5.97 Å². The molecule has 10 heteroatoms. The van der Waals surface area contributed by atoms with E-state index >= 15 is 0 Å². The van der Waals surface area contributed by atoms with Crippen LogP contribution >= 0.6 is 11.8 Å². The second-order valence-corrected chi connectivity index (χ2v) is 8.97. The number of hydrogen-bond acceptors (Lipinski definition) is 8. The van der Waals surface area contributed by atoms with Crippen LogP contribution in [0.3, 0.4) is 0 Å². The van der Waals surface area contributed by atoms with E-state index in [1.54, 1.807) is 43.3 Å². The van der Waals surface area contributed by atoms with Crippen molar-refractivity contribution in [3.8, 4) is 11.5 Å². The van der Waals surface area contributed by atoms with Crippen molar-refractivity contribution in [2.24, 2.45) is 0 Å². The predicted molar refractivity (Wildman–Crippen MR) is 142 cm³/mol. The number of anilines is 1. The average Bonchev–Trinajstić information content (AvgIpc) is 3.12. The number of esters is 1. The Morgan fingerprint density at radius 1 is 1.14 bits per heavy atom. The molecule has 2 aromatic carbocycles. The second kappa shape index (κ2) is 12.8. The first-order valence-corrected chi connectivity index (χ1v) is 12.3. The summed E-state index contributed by atoms with van der Waals surface area (Å²) in [6, 6.07) is 10.6. The molecule has 1 aliphatic heterocycles. The number of imide groups is 1. The lowest BCUT2D eigenvalue weighted by molar-refractivity contribution is -0.143. The maximum atomic E-state index is 13.0. The summed E-state index contributed by atoms with van der Waals surface area (Å²) in [5.41, 5.74) is 2.87. The van der Waals surface area contributed by atoms with Crippen molar-refractivity contribution >= 4 is 46.5 Å². The molecule has 0 unspecified atom stereocenters. The standard InChI is InChI=1S/C27H28N2O7S/c1-5-7-19-12-18(13-21(35-6-2)25(19)36-16-24(31)34-4)14-22-26(32)29(27(33)37-22)15-23(30)28-20-10-8-17(3)9-11-20/h5,8-14H,1,6-7,15-16H2,2-4H3,(H,28,30)/b22-14-. The molecule has 1 saturated heterocycles. The van der Waals surface area contributed by atoms with Gasteiger partial charge in [-0.15, -0.1) is 6.58 Å². The number of aryl methyl sites for hydroxylation is 1. The van der Waals surface area contributed by atoms with E-state index in [4.69, 9.17) is 9.47 Å². The van der Waals surface area contributed by atoms with Gasteiger partial charge in [0.25, 0.3) is 11.1 Å². The van der Waals surface area contributed by atoms with E-state index in [2.05, 4.69) is 16.6 Å². The molecule has 37 heavy (non-hydrogen) atoms. The second-order valence-electron chi connectivity index (χ2n) is 7.98. The Labute approximate surface area is 219 Å². The molecule has 3 amide bonds. The summed E-state index contributed by atoms with van der Waals surface area (Å²) in [6.07, 6.45) is 3.63. The number of nitrogens with zero attached hydrogens (tertiary/aromatic N) is 1. The van der Waals surface area contributed by atoms with Crippen LogP contribution < -0.4 is 14.8 Å². The lowest BCUT2D eigenvalue weighted by Gasteiger charge is -2.16. The summed E-state index contributed by atoms with van der Waals surface area (Å²) in [5, 5.41) is 2.15. The fraction of sp³-hybridized carbons (Fsp3) is 0.259. The van der Waals surface area contributed by atoms with Crippen LogP contribution in [0.15, 0.2) is 54.0 Å². The van der Waals surface area contributed by atoms with Crippen LogP contribution in [0.4, 0.5) is 10.5 Å². The van der Waals surface area contributed by atoms with Crippen molar-refractivity contribution in [3.63, 3.8) is 0 Å². The van der Waals surface area contributed by atoms with Gasteiger partial charge < -0.3 is 19.5 Å². The zero-order valence-corrected chi connectivity index (χ0v) is 21.7. The minimum atomic E-state index is -0.566. The van der Waals surface area contributed by atoms with Gasteiger partial charge in [-0.3, -0.25) is 19.3 Å². The number of nitrogens with one attached hydrogen (secondary N) is 1. The smallest absolute Gasteiger partial charge is 0.343 e. The molecule has 0 bridgehead atoms. The number of benzene rings is 2. The van der Waals surface area contributed by atoms with Crippen molar-refractivity contribution in [2.75, 3.05) is 32.2 Å². The quantitative estimate of drug-likeness (QED) is 0.262. The van der Waals surface area contributed by atoms with Gasteiger partial charge in [0.15, 0.2) is 18.1 Å². The average molecular weight is 525 g/mol. The molecule has 194 valence electrons. The maximum absolute atomic E-state index is 13.0. The van der Waals surface area contributed by atoms with E-state index in [0.29, 0.717) is 41.3 Å². The highest BCUT2D eigenvalue weighted by Crippen LogP contribution is 2.37. The van der Waals surface area contributed by atoms with Crippen LogP contribution in [0.25, 0.3) is 6.08 Å². The van der Waals surface area contributed by atoms with Crippen molar-refractivity contribution in [1.29, 1.82) is 0 Å². The van der Waals surface area contributed by atoms with Gasteiger partial charge in [-0.25, -0.2) is 4.79 Å². The summed E-state index contributed by atoms with van der Waals surface area (Å²) in [5.74, 6) is -0.857. The third-order valence-corrected chi connectivity index (χ3v) is 6.10. The van der Waals surface area contributed by atoms with E-state index in [1.807, 2.05) is 19.1 Å². The zero-order valence-electron chi connectivity index (χ0n) is 20.9. The number of ether oxygens (including phenoxy) is 3. The molecule has 3 rings (SSSR count). The number of thioether (sulfide) groups is 1. The molecule has 0 aliphatic carbocycles. The summed E-state index contributed by atoms with van der Waals surface area (Å²) in [4.78, 5) is 50.6. The van der Waals surface area contributed by atoms with Gasteiger partial charge in [0, 0.05) is 11.3 Å². The van der Waals surface area contributed by atoms with Crippen molar-refractivity contribution < 1.29 is 33.4 Å². The Bertz CT molecular complexity index is 1240. The van der Waals surface area contributed by atoms with Crippen LogP contribution in [0, 0.1) is 6.92 Å². The number of hydrogen-bond donors (Lipinski definition) is 1. The highest BCUT2D eigenvalue weighted by Gasteiger charge is 2.36. The molecule has 0 spiro atoms. The Morgan fingerprint density at radius 2 is 1.86 bits per heavy atom. The number of carbonyl (C=O) groups excluding carboxylic acids is 4. The molecular formula is C27H28N2O7S. The minimum Gasteiger partial charge on any atom is -0.490 e. The Hall–Kier alpha value is -4.05. The van der Waals surface area contributed by atoms with E-state index in [0.717, 1.165) is 22.2 Å². The van der Waals surface area contributed by atoms with Crippen LogP contribution in [-0.2, 0) is 25.5 Å². The van der Waals surface area contributed by atoms with Gasteiger partial charge in [-0.05, 0) is 67.9 Å². The Kier molecular flexibility index (Phi) is 9.51. The van der Waals surface area contributed by atoms with E-state index < -0.39 is 29.6 Å². The van der Waals surface area contributed by atoms with E-state index in [9.17, 15) is 19.2 Å². The van der Waals surface area contributed by atoms with Gasteiger partial charge in [-0.1, -0.05) is 23.8 Å². The first kappa shape index (κ1) is 27.5. The highest BCUT2D eigenvalue weighted by atomic mass is 32.2. The predicted octanol–water partition coefficient (Wildman–Crippen LogP) is 4.35. The number of amides is 3. The summed E-state index contributed by atoms with van der Waals surface area (Å²) < 4.78 is 16.0.